The van der Waals surface area contributed by atoms with Crippen LogP contribution in [0.4, 0.5) is 0 Å². The third kappa shape index (κ3) is 2.74. The minimum atomic E-state index is 0.574. The van der Waals surface area contributed by atoms with E-state index in [1.54, 1.807) is 0 Å². The zero-order valence-electron chi connectivity index (χ0n) is 8.85. The second-order valence-corrected chi connectivity index (χ2v) is 4.98. The van der Waals surface area contributed by atoms with Gasteiger partial charge in [0, 0.05) is 10.4 Å². The first-order valence-corrected chi connectivity index (χ1v) is 6.38. The SMILES string of the molecule is Cc1cc(C(C)C(C)CBr)ccc1Cl. The van der Waals surface area contributed by atoms with Crippen LogP contribution in [0, 0.1) is 12.8 Å². The Bertz CT molecular complexity index is 309. The van der Waals surface area contributed by atoms with Gasteiger partial charge in [-0.2, -0.15) is 0 Å². The second kappa shape index (κ2) is 5.18. The van der Waals surface area contributed by atoms with Gasteiger partial charge in [0.15, 0.2) is 0 Å². The summed E-state index contributed by atoms with van der Waals surface area (Å²) in [5.41, 5.74) is 2.54. The first kappa shape index (κ1) is 12.1. The molecule has 0 N–H and O–H groups in total. The third-order valence-electron chi connectivity index (χ3n) is 2.80. The maximum Gasteiger partial charge on any atom is 0.0435 e. The normalized spacial score (nSPS) is 15.2. The largest absolute Gasteiger partial charge is 0.0925 e. The highest BCUT2D eigenvalue weighted by Crippen LogP contribution is 2.28. The molecular formula is C12H16BrCl. The van der Waals surface area contributed by atoms with Crippen molar-refractivity contribution in [2.75, 3.05) is 5.33 Å². The van der Waals surface area contributed by atoms with Crippen LogP contribution < -0.4 is 0 Å². The molecule has 1 aromatic carbocycles. The zero-order chi connectivity index (χ0) is 10.7. The molecule has 2 heteroatoms. The van der Waals surface area contributed by atoms with E-state index < -0.39 is 0 Å². The minimum Gasteiger partial charge on any atom is -0.0925 e. The highest BCUT2D eigenvalue weighted by molar-refractivity contribution is 9.09. The van der Waals surface area contributed by atoms with Gasteiger partial charge in [-0.15, -0.1) is 0 Å². The molecule has 0 aliphatic heterocycles. The molecule has 0 amide bonds. The fraction of sp³-hybridized carbons (Fsp3) is 0.500. The van der Waals surface area contributed by atoms with Gasteiger partial charge in [0.1, 0.15) is 0 Å². The summed E-state index contributed by atoms with van der Waals surface area (Å²) in [7, 11) is 0. The van der Waals surface area contributed by atoms with Gasteiger partial charge in [0.2, 0.25) is 0 Å². The molecule has 0 aliphatic carbocycles. The molecule has 0 aromatic heterocycles. The Hall–Kier alpha value is -0.0100. The van der Waals surface area contributed by atoms with Crippen LogP contribution in [0.3, 0.4) is 0 Å². The smallest absolute Gasteiger partial charge is 0.0435 e. The lowest BCUT2D eigenvalue weighted by molar-refractivity contribution is 0.547. The Morgan fingerprint density at radius 1 is 1.36 bits per heavy atom. The van der Waals surface area contributed by atoms with Gasteiger partial charge < -0.3 is 0 Å². The Kier molecular flexibility index (Phi) is 4.46. The van der Waals surface area contributed by atoms with Crippen molar-refractivity contribution in [3.8, 4) is 0 Å². The highest BCUT2D eigenvalue weighted by Gasteiger charge is 2.13. The molecule has 0 fully saturated rings. The molecule has 0 heterocycles. The van der Waals surface area contributed by atoms with E-state index >= 15 is 0 Å². The van der Waals surface area contributed by atoms with Gasteiger partial charge in [0.05, 0.1) is 0 Å². The van der Waals surface area contributed by atoms with Crippen LogP contribution in [-0.4, -0.2) is 5.33 Å². The van der Waals surface area contributed by atoms with Crippen LogP contribution >= 0.6 is 27.5 Å². The van der Waals surface area contributed by atoms with E-state index in [2.05, 4.69) is 48.8 Å². The summed E-state index contributed by atoms with van der Waals surface area (Å²) in [6.07, 6.45) is 0. The first-order valence-electron chi connectivity index (χ1n) is 4.88. The van der Waals surface area contributed by atoms with Crippen LogP contribution in [0.1, 0.15) is 30.9 Å². The molecule has 0 radical (unpaired) electrons. The lowest BCUT2D eigenvalue weighted by Gasteiger charge is -2.18. The van der Waals surface area contributed by atoms with Crippen molar-refractivity contribution in [1.29, 1.82) is 0 Å². The molecule has 0 bridgehead atoms. The standard InChI is InChI=1S/C12H16BrCl/c1-8-6-11(4-5-12(8)14)10(3)9(2)7-13/h4-6,9-10H,7H2,1-3H3. The van der Waals surface area contributed by atoms with Crippen LogP contribution in [0.2, 0.25) is 5.02 Å². The summed E-state index contributed by atoms with van der Waals surface area (Å²) in [6, 6.07) is 6.30. The van der Waals surface area contributed by atoms with E-state index in [9.17, 15) is 0 Å². The molecule has 1 aromatic rings. The van der Waals surface area contributed by atoms with Crippen molar-refractivity contribution in [1.82, 2.24) is 0 Å². The van der Waals surface area contributed by atoms with Crippen molar-refractivity contribution in [3.05, 3.63) is 34.3 Å². The Morgan fingerprint density at radius 2 is 2.00 bits per heavy atom. The molecule has 0 nitrogen and oxygen atoms in total. The molecule has 78 valence electrons. The number of benzene rings is 1. The molecule has 0 aliphatic rings. The summed E-state index contributed by atoms with van der Waals surface area (Å²) in [6.45, 7) is 6.56. The molecule has 2 atom stereocenters. The fourth-order valence-electron chi connectivity index (χ4n) is 1.41. The maximum atomic E-state index is 5.99. The molecule has 1 rings (SSSR count). The average Bonchev–Trinajstić information content (AvgIpc) is 2.20. The molecule has 14 heavy (non-hydrogen) atoms. The van der Waals surface area contributed by atoms with Gasteiger partial charge >= 0.3 is 0 Å². The van der Waals surface area contributed by atoms with Gasteiger partial charge in [-0.1, -0.05) is 53.5 Å². The summed E-state index contributed by atoms with van der Waals surface area (Å²) in [5.74, 6) is 1.22. The van der Waals surface area contributed by atoms with E-state index in [4.69, 9.17) is 11.6 Å². The number of hydrogen-bond acceptors (Lipinski definition) is 0. The lowest BCUT2D eigenvalue weighted by Crippen LogP contribution is -2.07. The summed E-state index contributed by atoms with van der Waals surface area (Å²) in [4.78, 5) is 0. The molecule has 0 spiro atoms. The second-order valence-electron chi connectivity index (χ2n) is 3.93. The van der Waals surface area contributed by atoms with E-state index in [1.807, 2.05) is 6.07 Å². The number of alkyl halides is 1. The quantitative estimate of drug-likeness (QED) is 0.696. The summed E-state index contributed by atoms with van der Waals surface area (Å²) < 4.78 is 0. The number of hydrogen-bond donors (Lipinski definition) is 0. The van der Waals surface area contributed by atoms with Crippen LogP contribution in [-0.2, 0) is 0 Å². The van der Waals surface area contributed by atoms with Crippen molar-refractivity contribution in [3.63, 3.8) is 0 Å². The molecule has 0 saturated carbocycles. The van der Waals surface area contributed by atoms with Crippen molar-refractivity contribution in [2.45, 2.75) is 26.7 Å². The lowest BCUT2D eigenvalue weighted by atomic mass is 9.89. The molecule has 0 saturated heterocycles. The van der Waals surface area contributed by atoms with Crippen molar-refractivity contribution >= 4 is 27.5 Å². The van der Waals surface area contributed by atoms with E-state index in [0.717, 1.165) is 15.9 Å². The van der Waals surface area contributed by atoms with Gasteiger partial charge in [-0.25, -0.2) is 0 Å². The zero-order valence-corrected chi connectivity index (χ0v) is 11.2. The van der Waals surface area contributed by atoms with Gasteiger partial charge in [-0.3, -0.25) is 0 Å². The van der Waals surface area contributed by atoms with Crippen molar-refractivity contribution < 1.29 is 0 Å². The Labute approximate surface area is 99.8 Å². The first-order chi connectivity index (χ1) is 6.56. The predicted molar refractivity (Wildman–Crippen MR) is 67.6 cm³/mol. The fourth-order valence-corrected chi connectivity index (χ4v) is 2.09. The van der Waals surface area contributed by atoms with E-state index in [1.165, 1.54) is 5.56 Å². The number of rotatable bonds is 3. The highest BCUT2D eigenvalue weighted by atomic mass is 79.9. The molecule has 2 unspecified atom stereocenters. The average molecular weight is 276 g/mol. The number of halogens is 2. The van der Waals surface area contributed by atoms with Crippen LogP contribution in [0.5, 0.6) is 0 Å². The number of aryl methyl sites for hydroxylation is 1. The summed E-state index contributed by atoms with van der Waals surface area (Å²) in [5, 5.41) is 1.89. The monoisotopic (exact) mass is 274 g/mol. The predicted octanol–water partition coefficient (Wildman–Crippen LogP) is 4.78. The minimum absolute atomic E-state index is 0.574. The van der Waals surface area contributed by atoms with Crippen LogP contribution in [0.25, 0.3) is 0 Å². The van der Waals surface area contributed by atoms with Crippen LogP contribution in [0.15, 0.2) is 18.2 Å². The Morgan fingerprint density at radius 3 is 2.50 bits per heavy atom. The Balaban J connectivity index is 2.91. The van der Waals surface area contributed by atoms with E-state index in [-0.39, 0.29) is 0 Å². The maximum absolute atomic E-state index is 5.99. The van der Waals surface area contributed by atoms with Crippen molar-refractivity contribution in [2.24, 2.45) is 5.92 Å². The third-order valence-corrected chi connectivity index (χ3v) is 4.25. The topological polar surface area (TPSA) is 0 Å². The van der Waals surface area contributed by atoms with E-state index in [0.29, 0.717) is 11.8 Å². The van der Waals surface area contributed by atoms with Gasteiger partial charge in [0.25, 0.3) is 0 Å². The summed E-state index contributed by atoms with van der Waals surface area (Å²) >= 11 is 9.51. The molecular weight excluding hydrogens is 259 g/mol. The van der Waals surface area contributed by atoms with Gasteiger partial charge in [-0.05, 0) is 36.0 Å².